The molecule has 0 radical (unpaired) electrons. The normalized spacial score (nSPS) is 11.9. The summed E-state index contributed by atoms with van der Waals surface area (Å²) in [7, 11) is 3.03. The number of hydrogen-bond donors (Lipinski definition) is 2. The number of carbonyl (C=O) groups excluding carboxylic acids is 2. The maximum atomic E-state index is 12.0. The highest BCUT2D eigenvalue weighted by Gasteiger charge is 2.21. The maximum Gasteiger partial charge on any atom is 0.319 e. The molecule has 7 nitrogen and oxygen atoms in total. The van der Waals surface area contributed by atoms with Gasteiger partial charge >= 0.3 is 12.0 Å². The first kappa shape index (κ1) is 18.2. The maximum absolute atomic E-state index is 12.0. The van der Waals surface area contributed by atoms with Crippen molar-refractivity contribution < 1.29 is 19.5 Å². The molecule has 1 unspecified atom stereocenters. The Bertz CT molecular complexity index is 358. The molecular weight excluding hydrogens is 262 g/mol. The SMILES string of the molecule is CC(C)CNC(=O)CN(C)C(=O)N(C)CC(C)C(=O)O. The van der Waals surface area contributed by atoms with E-state index in [9.17, 15) is 14.4 Å². The molecule has 0 aliphatic carbocycles. The molecule has 0 spiro atoms. The molecule has 3 amide bonds. The highest BCUT2D eigenvalue weighted by Crippen LogP contribution is 2.01. The number of carboxylic acids is 1. The van der Waals surface area contributed by atoms with Gasteiger partial charge in [0.25, 0.3) is 0 Å². The minimum atomic E-state index is -0.957. The van der Waals surface area contributed by atoms with Crippen LogP contribution >= 0.6 is 0 Å². The molecule has 0 aromatic carbocycles. The van der Waals surface area contributed by atoms with Gasteiger partial charge < -0.3 is 20.2 Å². The Kier molecular flexibility index (Phi) is 7.64. The summed E-state index contributed by atoms with van der Waals surface area (Å²) in [5, 5.41) is 11.5. The van der Waals surface area contributed by atoms with Crippen LogP contribution < -0.4 is 5.32 Å². The first-order valence-electron chi connectivity index (χ1n) is 6.60. The number of nitrogens with one attached hydrogen (secondary N) is 1. The Hall–Kier alpha value is -1.79. The molecule has 20 heavy (non-hydrogen) atoms. The molecule has 2 N–H and O–H groups in total. The molecule has 0 aromatic heterocycles. The lowest BCUT2D eigenvalue weighted by atomic mass is 10.2. The zero-order valence-corrected chi connectivity index (χ0v) is 12.8. The van der Waals surface area contributed by atoms with Crippen LogP contribution in [0.3, 0.4) is 0 Å². The van der Waals surface area contributed by atoms with Crippen LogP contribution in [0, 0.1) is 11.8 Å². The monoisotopic (exact) mass is 287 g/mol. The van der Waals surface area contributed by atoms with Gasteiger partial charge in [0.05, 0.1) is 5.92 Å². The summed E-state index contributed by atoms with van der Waals surface area (Å²) in [5.74, 6) is -1.48. The van der Waals surface area contributed by atoms with Crippen molar-refractivity contribution in [3.8, 4) is 0 Å². The number of likely N-dealkylation sites (N-methyl/N-ethyl adjacent to an activating group) is 1. The molecule has 1 atom stereocenters. The summed E-state index contributed by atoms with van der Waals surface area (Å²) in [6.45, 7) is 6.12. The van der Waals surface area contributed by atoms with Crippen LogP contribution in [0.25, 0.3) is 0 Å². The summed E-state index contributed by atoms with van der Waals surface area (Å²) in [6, 6.07) is -0.377. The van der Waals surface area contributed by atoms with Gasteiger partial charge in [-0.1, -0.05) is 20.8 Å². The molecule has 0 aliphatic heterocycles. The first-order valence-corrected chi connectivity index (χ1v) is 6.60. The van der Waals surface area contributed by atoms with E-state index >= 15 is 0 Å². The van der Waals surface area contributed by atoms with Crippen molar-refractivity contribution in [2.45, 2.75) is 20.8 Å². The van der Waals surface area contributed by atoms with Crippen molar-refractivity contribution in [1.29, 1.82) is 0 Å². The number of carbonyl (C=O) groups is 3. The fraction of sp³-hybridized carbons (Fsp3) is 0.769. The van der Waals surface area contributed by atoms with Crippen LogP contribution in [-0.2, 0) is 9.59 Å². The second kappa shape index (κ2) is 8.39. The van der Waals surface area contributed by atoms with Crippen LogP contribution in [0.2, 0.25) is 0 Å². The number of hydrogen-bond acceptors (Lipinski definition) is 3. The van der Waals surface area contributed by atoms with E-state index in [2.05, 4.69) is 5.32 Å². The van der Waals surface area contributed by atoms with Crippen LogP contribution in [-0.4, -0.2) is 66.5 Å². The molecule has 0 saturated carbocycles. The van der Waals surface area contributed by atoms with Gasteiger partial charge in [-0.3, -0.25) is 9.59 Å². The third-order valence-corrected chi connectivity index (χ3v) is 2.71. The Balaban J connectivity index is 4.26. The number of carboxylic acid groups (broad SMARTS) is 1. The second-order valence-corrected chi connectivity index (χ2v) is 5.46. The summed E-state index contributed by atoms with van der Waals surface area (Å²) < 4.78 is 0. The van der Waals surface area contributed by atoms with Gasteiger partial charge in [0.1, 0.15) is 6.54 Å². The fourth-order valence-electron chi connectivity index (χ4n) is 1.52. The predicted octanol–water partition coefficient (Wildman–Crippen LogP) is 0.463. The minimum absolute atomic E-state index is 0.0443. The summed E-state index contributed by atoms with van der Waals surface area (Å²) >= 11 is 0. The van der Waals surface area contributed by atoms with E-state index in [0.29, 0.717) is 12.5 Å². The summed E-state index contributed by atoms with van der Waals surface area (Å²) in [4.78, 5) is 36.9. The van der Waals surface area contributed by atoms with E-state index in [1.165, 1.54) is 30.8 Å². The zero-order valence-electron chi connectivity index (χ0n) is 12.8. The Morgan fingerprint density at radius 2 is 1.65 bits per heavy atom. The molecule has 116 valence electrons. The highest BCUT2D eigenvalue weighted by atomic mass is 16.4. The summed E-state index contributed by atoms with van der Waals surface area (Å²) in [6.07, 6.45) is 0. The second-order valence-electron chi connectivity index (χ2n) is 5.46. The summed E-state index contributed by atoms with van der Waals surface area (Å²) in [5.41, 5.74) is 0. The standard InChI is InChI=1S/C13H25N3O4/c1-9(2)6-14-11(17)8-16(5)13(20)15(4)7-10(3)12(18)19/h9-10H,6-8H2,1-5H3,(H,14,17)(H,18,19). The molecule has 0 aliphatic rings. The molecule has 0 heterocycles. The number of urea groups is 1. The first-order chi connectivity index (χ1) is 9.15. The zero-order chi connectivity index (χ0) is 15.9. The van der Waals surface area contributed by atoms with Crippen LogP contribution in [0.5, 0.6) is 0 Å². The number of rotatable bonds is 7. The van der Waals surface area contributed by atoms with Crippen molar-refractivity contribution in [2.24, 2.45) is 11.8 Å². The van der Waals surface area contributed by atoms with Gasteiger partial charge in [-0.05, 0) is 5.92 Å². The molecule has 0 aromatic rings. The van der Waals surface area contributed by atoms with E-state index in [-0.39, 0.29) is 25.0 Å². The lowest BCUT2D eigenvalue weighted by Crippen LogP contribution is -2.46. The number of amides is 3. The van der Waals surface area contributed by atoms with Gasteiger partial charge in [-0.25, -0.2) is 4.79 Å². The Morgan fingerprint density at radius 1 is 1.10 bits per heavy atom. The van der Waals surface area contributed by atoms with E-state index in [1.807, 2.05) is 13.8 Å². The third kappa shape index (κ3) is 6.96. The van der Waals surface area contributed by atoms with Crippen LogP contribution in [0.15, 0.2) is 0 Å². The fourth-order valence-corrected chi connectivity index (χ4v) is 1.52. The average molecular weight is 287 g/mol. The van der Waals surface area contributed by atoms with E-state index in [0.717, 1.165) is 0 Å². The van der Waals surface area contributed by atoms with Crippen molar-refractivity contribution in [3.63, 3.8) is 0 Å². The van der Waals surface area contributed by atoms with Gasteiger partial charge in [-0.2, -0.15) is 0 Å². The van der Waals surface area contributed by atoms with E-state index in [1.54, 1.807) is 0 Å². The largest absolute Gasteiger partial charge is 0.481 e. The number of aliphatic carboxylic acids is 1. The predicted molar refractivity (Wildman–Crippen MR) is 75.3 cm³/mol. The molecule has 0 fully saturated rings. The number of nitrogens with zero attached hydrogens (tertiary/aromatic N) is 2. The van der Waals surface area contributed by atoms with E-state index in [4.69, 9.17) is 5.11 Å². The Labute approximate surface area is 119 Å². The lowest BCUT2D eigenvalue weighted by Gasteiger charge is -2.25. The minimum Gasteiger partial charge on any atom is -0.481 e. The quantitative estimate of drug-likeness (QED) is 0.712. The van der Waals surface area contributed by atoms with Gasteiger partial charge in [0.2, 0.25) is 5.91 Å². The van der Waals surface area contributed by atoms with Gasteiger partial charge in [0, 0.05) is 27.2 Å². The smallest absolute Gasteiger partial charge is 0.319 e. The molecular formula is C13H25N3O4. The van der Waals surface area contributed by atoms with Crippen LogP contribution in [0.4, 0.5) is 4.79 Å². The molecule has 0 bridgehead atoms. The average Bonchev–Trinajstić information content (AvgIpc) is 2.34. The van der Waals surface area contributed by atoms with Crippen molar-refractivity contribution in [3.05, 3.63) is 0 Å². The van der Waals surface area contributed by atoms with Crippen molar-refractivity contribution >= 4 is 17.9 Å². The van der Waals surface area contributed by atoms with Gasteiger partial charge in [0.15, 0.2) is 0 Å². The third-order valence-electron chi connectivity index (χ3n) is 2.71. The topological polar surface area (TPSA) is 90.0 Å². The molecule has 0 saturated heterocycles. The molecule has 7 heteroatoms. The van der Waals surface area contributed by atoms with Crippen LogP contribution in [0.1, 0.15) is 20.8 Å². The van der Waals surface area contributed by atoms with Crippen molar-refractivity contribution in [2.75, 3.05) is 33.7 Å². The van der Waals surface area contributed by atoms with Crippen molar-refractivity contribution in [1.82, 2.24) is 15.1 Å². The lowest BCUT2D eigenvalue weighted by molar-refractivity contribution is -0.141. The highest BCUT2D eigenvalue weighted by molar-refractivity contribution is 5.84. The van der Waals surface area contributed by atoms with E-state index < -0.39 is 11.9 Å². The Morgan fingerprint density at radius 3 is 2.10 bits per heavy atom. The molecule has 0 rings (SSSR count). The van der Waals surface area contributed by atoms with Gasteiger partial charge in [-0.15, -0.1) is 0 Å².